The predicted octanol–water partition coefficient (Wildman–Crippen LogP) is 0.712. The smallest absolute Gasteiger partial charge is 0.276 e. The van der Waals surface area contributed by atoms with Gasteiger partial charge in [0.1, 0.15) is 0 Å². The fraction of sp³-hybridized carbons (Fsp3) is 0.667. The second kappa shape index (κ2) is 4.97. The van der Waals surface area contributed by atoms with Gasteiger partial charge < -0.3 is 15.7 Å². The summed E-state index contributed by atoms with van der Waals surface area (Å²) in [5.41, 5.74) is 7.45. The van der Waals surface area contributed by atoms with E-state index in [2.05, 4.69) is 10.2 Å². The molecule has 0 unspecified atom stereocenters. The van der Waals surface area contributed by atoms with Gasteiger partial charge >= 0.3 is 0 Å². The Morgan fingerprint density at radius 2 is 2.39 bits per heavy atom. The van der Waals surface area contributed by atoms with Gasteiger partial charge in [-0.2, -0.15) is 5.10 Å². The van der Waals surface area contributed by atoms with E-state index >= 15 is 0 Å². The second-order valence-corrected chi connectivity index (χ2v) is 5.03. The Balaban J connectivity index is 2.24. The molecule has 0 spiro atoms. The zero-order valence-corrected chi connectivity index (χ0v) is 10.8. The number of amides is 1. The van der Waals surface area contributed by atoms with Gasteiger partial charge in [-0.15, -0.1) is 0 Å². The summed E-state index contributed by atoms with van der Waals surface area (Å²) in [5, 5.41) is 16.1. The fourth-order valence-corrected chi connectivity index (χ4v) is 2.40. The summed E-state index contributed by atoms with van der Waals surface area (Å²) in [6, 6.07) is -0.101. The number of carbonyl (C=O) groups excluding carboxylic acids is 1. The highest BCUT2D eigenvalue weighted by Gasteiger charge is 2.31. The Labute approximate surface area is 106 Å². The van der Waals surface area contributed by atoms with E-state index < -0.39 is 0 Å². The number of nitrogens with two attached hydrogens (primary N) is 1. The van der Waals surface area contributed by atoms with E-state index in [1.165, 1.54) is 0 Å². The van der Waals surface area contributed by atoms with Crippen LogP contribution in [0, 0.1) is 0 Å². The lowest BCUT2D eigenvalue weighted by molar-refractivity contribution is 0.0673. The Morgan fingerprint density at radius 3 is 2.94 bits per heavy atom. The van der Waals surface area contributed by atoms with Crippen LogP contribution in [0.1, 0.15) is 48.8 Å². The maximum atomic E-state index is 12.3. The third kappa shape index (κ3) is 2.08. The topological polar surface area (TPSA) is 95.2 Å². The molecule has 0 bridgehead atoms. The Hall–Kier alpha value is -1.56. The van der Waals surface area contributed by atoms with Crippen LogP contribution in [0.4, 0.5) is 5.69 Å². The van der Waals surface area contributed by atoms with E-state index in [0.29, 0.717) is 12.2 Å². The minimum absolute atomic E-state index is 0.00684. The number of H-pyrrole nitrogens is 1. The third-order valence-corrected chi connectivity index (χ3v) is 3.46. The highest BCUT2D eigenvalue weighted by atomic mass is 16.3. The minimum atomic E-state index is -0.188. The number of aromatic nitrogens is 2. The van der Waals surface area contributed by atoms with Crippen molar-refractivity contribution in [1.82, 2.24) is 15.1 Å². The van der Waals surface area contributed by atoms with Crippen molar-refractivity contribution in [1.29, 1.82) is 0 Å². The number of hydrogen-bond donors (Lipinski definition) is 3. The van der Waals surface area contributed by atoms with Crippen molar-refractivity contribution in [3.63, 3.8) is 0 Å². The second-order valence-electron chi connectivity index (χ2n) is 5.03. The summed E-state index contributed by atoms with van der Waals surface area (Å²) in [7, 11) is 0. The molecule has 1 fully saturated rings. The van der Waals surface area contributed by atoms with Crippen molar-refractivity contribution < 1.29 is 9.90 Å². The Bertz CT molecular complexity index is 441. The highest BCUT2D eigenvalue weighted by Crippen LogP contribution is 2.25. The molecule has 1 saturated heterocycles. The number of rotatable bonds is 3. The average molecular weight is 252 g/mol. The van der Waals surface area contributed by atoms with E-state index in [4.69, 9.17) is 5.73 Å². The SMILES string of the molecule is CC(C)c1[nH]nc(C(=O)N2CCC[C@H]2CO)c1N. The Kier molecular flexibility index (Phi) is 3.56. The fourth-order valence-electron chi connectivity index (χ4n) is 2.40. The number of anilines is 1. The average Bonchev–Trinajstić information content (AvgIpc) is 2.93. The van der Waals surface area contributed by atoms with Gasteiger partial charge in [0, 0.05) is 6.54 Å². The van der Waals surface area contributed by atoms with Crippen molar-refractivity contribution in [2.24, 2.45) is 0 Å². The molecular weight excluding hydrogens is 232 g/mol. The normalized spacial score (nSPS) is 19.8. The predicted molar refractivity (Wildman–Crippen MR) is 68.2 cm³/mol. The van der Waals surface area contributed by atoms with Gasteiger partial charge in [0.25, 0.3) is 5.91 Å². The Morgan fingerprint density at radius 1 is 1.67 bits per heavy atom. The summed E-state index contributed by atoms with van der Waals surface area (Å²) < 4.78 is 0. The molecule has 100 valence electrons. The highest BCUT2D eigenvalue weighted by molar-refractivity contribution is 5.98. The molecule has 0 saturated carbocycles. The molecular formula is C12H20N4O2. The van der Waals surface area contributed by atoms with Gasteiger partial charge in [-0.3, -0.25) is 9.89 Å². The van der Waals surface area contributed by atoms with Crippen molar-refractivity contribution in [3.05, 3.63) is 11.4 Å². The van der Waals surface area contributed by atoms with E-state index in [9.17, 15) is 9.90 Å². The number of hydrogen-bond acceptors (Lipinski definition) is 4. The maximum absolute atomic E-state index is 12.3. The van der Waals surface area contributed by atoms with Crippen molar-refractivity contribution in [3.8, 4) is 0 Å². The van der Waals surface area contributed by atoms with Gasteiger partial charge in [0.05, 0.1) is 24.0 Å². The summed E-state index contributed by atoms with van der Waals surface area (Å²) in [6.45, 7) is 4.63. The van der Waals surface area contributed by atoms with E-state index in [-0.39, 0.29) is 30.2 Å². The molecule has 0 aromatic carbocycles. The van der Waals surface area contributed by atoms with Crippen molar-refractivity contribution >= 4 is 11.6 Å². The molecule has 18 heavy (non-hydrogen) atoms. The molecule has 1 aliphatic rings. The molecule has 1 atom stereocenters. The molecule has 0 aliphatic carbocycles. The van der Waals surface area contributed by atoms with Gasteiger partial charge in [0.2, 0.25) is 0 Å². The first-order valence-corrected chi connectivity index (χ1v) is 6.31. The number of nitrogens with zero attached hydrogens (tertiary/aromatic N) is 2. The van der Waals surface area contributed by atoms with Crippen LogP contribution in [-0.4, -0.2) is 45.3 Å². The molecule has 6 nitrogen and oxygen atoms in total. The van der Waals surface area contributed by atoms with Gasteiger partial charge in [-0.25, -0.2) is 0 Å². The largest absolute Gasteiger partial charge is 0.395 e. The first kappa shape index (κ1) is 12.9. The van der Waals surface area contributed by atoms with Crippen molar-refractivity contribution in [2.45, 2.75) is 38.6 Å². The van der Waals surface area contributed by atoms with Crippen LogP contribution in [-0.2, 0) is 0 Å². The van der Waals surface area contributed by atoms with E-state index in [1.807, 2.05) is 13.8 Å². The molecule has 6 heteroatoms. The number of nitrogen functional groups attached to an aromatic ring is 1. The third-order valence-electron chi connectivity index (χ3n) is 3.46. The molecule has 1 aliphatic heterocycles. The van der Waals surface area contributed by atoms with Crippen LogP contribution in [0.2, 0.25) is 0 Å². The standard InChI is InChI=1S/C12H20N4O2/c1-7(2)10-9(13)11(15-14-10)12(18)16-5-3-4-8(16)6-17/h7-8,17H,3-6,13H2,1-2H3,(H,14,15)/t8-/m0/s1. The van der Waals surface area contributed by atoms with Crippen LogP contribution in [0.15, 0.2) is 0 Å². The number of nitrogens with one attached hydrogen (secondary N) is 1. The minimum Gasteiger partial charge on any atom is -0.395 e. The number of aliphatic hydroxyl groups excluding tert-OH is 1. The lowest BCUT2D eigenvalue weighted by Gasteiger charge is -2.22. The summed E-state index contributed by atoms with van der Waals surface area (Å²) >= 11 is 0. The summed E-state index contributed by atoms with van der Waals surface area (Å²) in [5.74, 6) is 0.0125. The van der Waals surface area contributed by atoms with Crippen LogP contribution in [0.5, 0.6) is 0 Å². The van der Waals surface area contributed by atoms with E-state index in [1.54, 1.807) is 4.90 Å². The summed E-state index contributed by atoms with van der Waals surface area (Å²) in [4.78, 5) is 14.0. The van der Waals surface area contributed by atoms with Crippen LogP contribution in [0.3, 0.4) is 0 Å². The number of carbonyl (C=O) groups is 1. The first-order valence-electron chi connectivity index (χ1n) is 6.31. The lowest BCUT2D eigenvalue weighted by Crippen LogP contribution is -2.38. The molecule has 0 radical (unpaired) electrons. The summed E-state index contributed by atoms with van der Waals surface area (Å²) in [6.07, 6.45) is 1.75. The molecule has 1 aromatic rings. The van der Waals surface area contributed by atoms with Crippen molar-refractivity contribution in [2.75, 3.05) is 18.9 Å². The maximum Gasteiger partial charge on any atom is 0.276 e. The number of aliphatic hydroxyl groups is 1. The molecule has 1 amide bonds. The van der Waals surface area contributed by atoms with Gasteiger partial charge in [-0.1, -0.05) is 13.8 Å². The molecule has 2 heterocycles. The van der Waals surface area contributed by atoms with Crippen LogP contribution < -0.4 is 5.73 Å². The zero-order chi connectivity index (χ0) is 13.3. The first-order chi connectivity index (χ1) is 8.56. The molecule has 4 N–H and O–H groups in total. The van der Waals surface area contributed by atoms with Crippen LogP contribution in [0.25, 0.3) is 0 Å². The van der Waals surface area contributed by atoms with E-state index in [0.717, 1.165) is 18.5 Å². The van der Waals surface area contributed by atoms with Gasteiger partial charge in [-0.05, 0) is 18.8 Å². The monoisotopic (exact) mass is 252 g/mol. The quantitative estimate of drug-likeness (QED) is 0.738. The zero-order valence-electron chi connectivity index (χ0n) is 10.8. The van der Waals surface area contributed by atoms with Crippen LogP contribution >= 0.6 is 0 Å². The number of likely N-dealkylation sites (tertiary alicyclic amines) is 1. The molecule has 1 aromatic heterocycles. The van der Waals surface area contributed by atoms with Gasteiger partial charge in [0.15, 0.2) is 5.69 Å². The lowest BCUT2D eigenvalue weighted by atomic mass is 10.1. The number of aromatic amines is 1. The molecule has 2 rings (SSSR count).